The molecule has 0 spiro atoms. The highest BCUT2D eigenvalue weighted by atomic mass is 16.5. The van der Waals surface area contributed by atoms with Crippen molar-refractivity contribution in [2.45, 2.75) is 13.8 Å². The summed E-state index contributed by atoms with van der Waals surface area (Å²) in [6.07, 6.45) is 0. The smallest absolute Gasteiger partial charge is 0.180 e. The molecule has 0 heterocycles. The van der Waals surface area contributed by atoms with Crippen LogP contribution in [0.15, 0.2) is 18.2 Å². The van der Waals surface area contributed by atoms with Gasteiger partial charge in [0.05, 0.1) is 18.7 Å². The van der Waals surface area contributed by atoms with E-state index in [1.165, 1.54) is 0 Å². The number of Topliss-reactive ketones (excluding diaryl/α,β-unsaturated/α-hetero) is 1. The van der Waals surface area contributed by atoms with E-state index in [0.29, 0.717) is 17.9 Å². The van der Waals surface area contributed by atoms with Gasteiger partial charge in [0.2, 0.25) is 0 Å². The minimum atomic E-state index is -0.0860. The fourth-order valence-electron chi connectivity index (χ4n) is 1.25. The molecule has 0 aliphatic carbocycles. The first-order valence-corrected chi connectivity index (χ1v) is 4.65. The first kappa shape index (κ1) is 10.7. The van der Waals surface area contributed by atoms with Crippen molar-refractivity contribution in [1.29, 1.82) is 0 Å². The summed E-state index contributed by atoms with van der Waals surface area (Å²) in [5, 5.41) is 0. The molecular formula is C11H15NO2. The molecule has 0 fully saturated rings. The van der Waals surface area contributed by atoms with Crippen LogP contribution in [0.2, 0.25) is 0 Å². The van der Waals surface area contributed by atoms with Gasteiger partial charge in [-0.25, -0.2) is 0 Å². The average Bonchev–Trinajstić information content (AvgIpc) is 2.20. The number of ketones is 1. The van der Waals surface area contributed by atoms with Gasteiger partial charge in [-0.1, -0.05) is 11.6 Å². The molecule has 1 aromatic carbocycles. The van der Waals surface area contributed by atoms with E-state index in [1.54, 1.807) is 6.07 Å². The van der Waals surface area contributed by atoms with Crippen LogP contribution in [-0.4, -0.2) is 18.9 Å². The van der Waals surface area contributed by atoms with Crippen molar-refractivity contribution in [3.05, 3.63) is 29.3 Å². The van der Waals surface area contributed by atoms with E-state index in [0.717, 1.165) is 5.56 Å². The monoisotopic (exact) mass is 193 g/mol. The normalized spacial score (nSPS) is 9.93. The standard InChI is InChI=1S/C11H15NO2/c1-3-14-11-5-4-8(2)6-9(11)10(13)7-12/h4-6H,3,7,12H2,1-2H3. The number of aryl methyl sites for hydroxylation is 1. The Labute approximate surface area is 83.9 Å². The summed E-state index contributed by atoms with van der Waals surface area (Å²) in [6.45, 7) is 4.39. The van der Waals surface area contributed by atoms with Crippen LogP contribution in [0.25, 0.3) is 0 Å². The van der Waals surface area contributed by atoms with Crippen molar-refractivity contribution in [3.8, 4) is 5.75 Å². The quantitative estimate of drug-likeness (QED) is 0.738. The Balaban J connectivity index is 3.08. The molecule has 0 radical (unpaired) electrons. The molecule has 0 unspecified atom stereocenters. The first-order chi connectivity index (χ1) is 6.69. The van der Waals surface area contributed by atoms with Gasteiger partial charge in [-0.15, -0.1) is 0 Å². The fourth-order valence-corrected chi connectivity index (χ4v) is 1.25. The molecule has 0 saturated carbocycles. The van der Waals surface area contributed by atoms with Crippen LogP contribution in [0.4, 0.5) is 0 Å². The van der Waals surface area contributed by atoms with Gasteiger partial charge in [0.15, 0.2) is 5.78 Å². The summed E-state index contributed by atoms with van der Waals surface area (Å²) in [5.41, 5.74) is 6.92. The van der Waals surface area contributed by atoms with Crippen molar-refractivity contribution in [2.24, 2.45) is 5.73 Å². The van der Waals surface area contributed by atoms with E-state index in [2.05, 4.69) is 0 Å². The van der Waals surface area contributed by atoms with Crippen LogP contribution in [0.5, 0.6) is 5.75 Å². The Morgan fingerprint density at radius 1 is 1.50 bits per heavy atom. The van der Waals surface area contributed by atoms with E-state index < -0.39 is 0 Å². The van der Waals surface area contributed by atoms with Gasteiger partial charge in [-0.05, 0) is 26.0 Å². The second kappa shape index (κ2) is 4.77. The van der Waals surface area contributed by atoms with Crippen molar-refractivity contribution >= 4 is 5.78 Å². The summed E-state index contributed by atoms with van der Waals surface area (Å²) in [6, 6.07) is 5.53. The molecule has 0 saturated heterocycles. The predicted octanol–water partition coefficient (Wildman–Crippen LogP) is 1.54. The molecule has 14 heavy (non-hydrogen) atoms. The number of ether oxygens (including phenoxy) is 1. The molecule has 0 aromatic heterocycles. The molecule has 3 nitrogen and oxygen atoms in total. The van der Waals surface area contributed by atoms with E-state index in [9.17, 15) is 4.79 Å². The van der Waals surface area contributed by atoms with Crippen molar-refractivity contribution < 1.29 is 9.53 Å². The molecule has 0 atom stereocenters. The predicted molar refractivity (Wildman–Crippen MR) is 55.7 cm³/mol. The summed E-state index contributed by atoms with van der Waals surface area (Å²) < 4.78 is 5.34. The third-order valence-corrected chi connectivity index (χ3v) is 1.92. The number of benzene rings is 1. The average molecular weight is 193 g/mol. The number of carbonyl (C=O) groups excluding carboxylic acids is 1. The number of rotatable bonds is 4. The summed E-state index contributed by atoms with van der Waals surface area (Å²) in [5.74, 6) is 0.533. The first-order valence-electron chi connectivity index (χ1n) is 4.65. The zero-order valence-corrected chi connectivity index (χ0v) is 8.54. The van der Waals surface area contributed by atoms with E-state index >= 15 is 0 Å². The molecule has 0 amide bonds. The van der Waals surface area contributed by atoms with Crippen LogP contribution in [0.1, 0.15) is 22.8 Å². The second-order valence-corrected chi connectivity index (χ2v) is 3.06. The zero-order valence-electron chi connectivity index (χ0n) is 8.54. The lowest BCUT2D eigenvalue weighted by Crippen LogP contribution is -2.15. The number of nitrogens with two attached hydrogens (primary N) is 1. The lowest BCUT2D eigenvalue weighted by Gasteiger charge is -2.09. The number of carbonyl (C=O) groups is 1. The Morgan fingerprint density at radius 3 is 2.79 bits per heavy atom. The van der Waals surface area contributed by atoms with E-state index in [-0.39, 0.29) is 12.3 Å². The highest BCUT2D eigenvalue weighted by Gasteiger charge is 2.10. The van der Waals surface area contributed by atoms with Crippen LogP contribution in [0.3, 0.4) is 0 Å². The highest BCUT2D eigenvalue weighted by molar-refractivity contribution is 6.00. The summed E-state index contributed by atoms with van der Waals surface area (Å²) >= 11 is 0. The number of hydrogen-bond donors (Lipinski definition) is 1. The molecular weight excluding hydrogens is 178 g/mol. The van der Waals surface area contributed by atoms with Gasteiger partial charge in [0.1, 0.15) is 5.75 Å². The van der Waals surface area contributed by atoms with Gasteiger partial charge in [0.25, 0.3) is 0 Å². The molecule has 0 bridgehead atoms. The molecule has 0 aliphatic heterocycles. The van der Waals surface area contributed by atoms with Gasteiger partial charge in [-0.2, -0.15) is 0 Å². The largest absolute Gasteiger partial charge is 0.493 e. The maximum Gasteiger partial charge on any atom is 0.180 e. The summed E-state index contributed by atoms with van der Waals surface area (Å²) in [4.78, 5) is 11.5. The number of hydrogen-bond acceptors (Lipinski definition) is 3. The summed E-state index contributed by atoms with van der Waals surface area (Å²) in [7, 11) is 0. The van der Waals surface area contributed by atoms with Gasteiger partial charge in [-0.3, -0.25) is 4.79 Å². The van der Waals surface area contributed by atoms with Gasteiger partial charge >= 0.3 is 0 Å². The Bertz CT molecular complexity index is 334. The maximum absolute atomic E-state index is 11.5. The topological polar surface area (TPSA) is 52.3 Å². The minimum Gasteiger partial charge on any atom is -0.493 e. The minimum absolute atomic E-state index is 0.0174. The second-order valence-electron chi connectivity index (χ2n) is 3.06. The van der Waals surface area contributed by atoms with Gasteiger partial charge in [0, 0.05) is 0 Å². The van der Waals surface area contributed by atoms with Crippen molar-refractivity contribution in [2.75, 3.05) is 13.2 Å². The van der Waals surface area contributed by atoms with Crippen molar-refractivity contribution in [1.82, 2.24) is 0 Å². The SMILES string of the molecule is CCOc1ccc(C)cc1C(=O)CN. The lowest BCUT2D eigenvalue weighted by molar-refractivity contribution is 0.0997. The molecule has 76 valence electrons. The Hall–Kier alpha value is -1.35. The highest BCUT2D eigenvalue weighted by Crippen LogP contribution is 2.20. The molecule has 0 aliphatic rings. The third-order valence-electron chi connectivity index (χ3n) is 1.92. The Kier molecular flexibility index (Phi) is 3.65. The zero-order chi connectivity index (χ0) is 10.6. The van der Waals surface area contributed by atoms with E-state index in [1.807, 2.05) is 26.0 Å². The van der Waals surface area contributed by atoms with Crippen molar-refractivity contribution in [3.63, 3.8) is 0 Å². The third kappa shape index (κ3) is 2.33. The molecule has 2 N–H and O–H groups in total. The van der Waals surface area contributed by atoms with Crippen LogP contribution >= 0.6 is 0 Å². The molecule has 1 rings (SSSR count). The molecule has 3 heteroatoms. The van der Waals surface area contributed by atoms with Crippen LogP contribution < -0.4 is 10.5 Å². The van der Waals surface area contributed by atoms with Crippen LogP contribution in [-0.2, 0) is 0 Å². The Morgan fingerprint density at radius 2 is 2.21 bits per heavy atom. The van der Waals surface area contributed by atoms with Crippen LogP contribution in [0, 0.1) is 6.92 Å². The van der Waals surface area contributed by atoms with E-state index in [4.69, 9.17) is 10.5 Å². The lowest BCUT2D eigenvalue weighted by atomic mass is 10.1. The molecule has 1 aromatic rings. The van der Waals surface area contributed by atoms with Gasteiger partial charge < -0.3 is 10.5 Å². The maximum atomic E-state index is 11.5. The fraction of sp³-hybridized carbons (Fsp3) is 0.364.